The molecular formula is C23H27N5O. The van der Waals surface area contributed by atoms with E-state index in [0.717, 1.165) is 48.3 Å². The van der Waals surface area contributed by atoms with Crippen LogP contribution in [0.1, 0.15) is 38.2 Å². The highest BCUT2D eigenvalue weighted by molar-refractivity contribution is 5.90. The summed E-state index contributed by atoms with van der Waals surface area (Å²) in [7, 11) is 0. The number of amides is 2. The number of nitrogens with one attached hydrogen (secondary N) is 2. The fourth-order valence-corrected chi connectivity index (χ4v) is 3.78. The van der Waals surface area contributed by atoms with E-state index in [9.17, 15) is 4.79 Å². The van der Waals surface area contributed by atoms with Gasteiger partial charge in [0.05, 0.1) is 5.52 Å². The summed E-state index contributed by atoms with van der Waals surface area (Å²) < 4.78 is 0. The first-order valence-corrected chi connectivity index (χ1v) is 10.2. The molecule has 0 atom stereocenters. The number of hydrogen-bond donors (Lipinski definition) is 2. The molecule has 0 radical (unpaired) electrons. The molecule has 1 aromatic heterocycles. The molecule has 4 rings (SSSR count). The van der Waals surface area contributed by atoms with Gasteiger partial charge in [0, 0.05) is 30.2 Å². The zero-order valence-corrected chi connectivity index (χ0v) is 16.9. The van der Waals surface area contributed by atoms with Gasteiger partial charge in [-0.25, -0.2) is 14.8 Å². The second-order valence-electron chi connectivity index (χ2n) is 7.85. The van der Waals surface area contributed by atoms with Crippen LogP contribution in [0.25, 0.3) is 10.9 Å². The third kappa shape index (κ3) is 4.47. The Hall–Kier alpha value is -3.15. The molecule has 0 bridgehead atoms. The topological polar surface area (TPSA) is 70.2 Å². The SMILES string of the molecule is CC(C)c1ccc(NC(=O)NC2CCN(c3ncnc4ccccc34)CC2)cc1. The second-order valence-corrected chi connectivity index (χ2v) is 7.85. The van der Waals surface area contributed by atoms with Crippen LogP contribution in [0.5, 0.6) is 0 Å². The second kappa shape index (κ2) is 8.47. The van der Waals surface area contributed by atoms with E-state index in [4.69, 9.17) is 0 Å². The van der Waals surface area contributed by atoms with Crippen LogP contribution in [-0.4, -0.2) is 35.1 Å². The Labute approximate surface area is 171 Å². The molecule has 1 saturated heterocycles. The van der Waals surface area contributed by atoms with Crippen molar-refractivity contribution in [2.45, 2.75) is 38.6 Å². The highest BCUT2D eigenvalue weighted by Gasteiger charge is 2.22. The van der Waals surface area contributed by atoms with E-state index >= 15 is 0 Å². The van der Waals surface area contributed by atoms with Crippen LogP contribution in [0, 0.1) is 0 Å². The molecule has 3 aromatic rings. The summed E-state index contributed by atoms with van der Waals surface area (Å²) in [5, 5.41) is 7.12. The van der Waals surface area contributed by atoms with Gasteiger partial charge in [-0.05, 0) is 48.6 Å². The summed E-state index contributed by atoms with van der Waals surface area (Å²) in [4.78, 5) is 23.5. The van der Waals surface area contributed by atoms with Crippen molar-refractivity contribution >= 4 is 28.4 Å². The zero-order chi connectivity index (χ0) is 20.2. The number of urea groups is 1. The zero-order valence-electron chi connectivity index (χ0n) is 16.9. The van der Waals surface area contributed by atoms with Crippen LogP contribution in [0.3, 0.4) is 0 Å². The quantitative estimate of drug-likeness (QED) is 0.687. The van der Waals surface area contributed by atoms with Crippen LogP contribution in [0.15, 0.2) is 54.9 Å². The Kier molecular flexibility index (Phi) is 5.60. The van der Waals surface area contributed by atoms with Gasteiger partial charge in [-0.3, -0.25) is 0 Å². The Bertz CT molecular complexity index is 973. The lowest BCUT2D eigenvalue weighted by Gasteiger charge is -2.33. The lowest BCUT2D eigenvalue weighted by atomic mass is 10.0. The van der Waals surface area contributed by atoms with Gasteiger partial charge in [0.15, 0.2) is 0 Å². The molecule has 2 aromatic carbocycles. The van der Waals surface area contributed by atoms with Crippen molar-refractivity contribution in [3.63, 3.8) is 0 Å². The minimum Gasteiger partial charge on any atom is -0.356 e. The molecule has 2 amide bonds. The van der Waals surface area contributed by atoms with Crippen molar-refractivity contribution in [3.8, 4) is 0 Å². The van der Waals surface area contributed by atoms with Crippen LogP contribution in [0.4, 0.5) is 16.3 Å². The number of carbonyl (C=O) groups excluding carboxylic acids is 1. The number of hydrogen-bond acceptors (Lipinski definition) is 4. The molecule has 1 aliphatic rings. The van der Waals surface area contributed by atoms with Crippen molar-refractivity contribution < 1.29 is 4.79 Å². The molecule has 6 nitrogen and oxygen atoms in total. The van der Waals surface area contributed by atoms with Gasteiger partial charge >= 0.3 is 6.03 Å². The van der Waals surface area contributed by atoms with E-state index in [2.05, 4.69) is 57.5 Å². The number of anilines is 2. The molecule has 2 N–H and O–H groups in total. The normalized spacial score (nSPS) is 14.9. The summed E-state index contributed by atoms with van der Waals surface area (Å²) in [6.45, 7) is 6.03. The molecule has 0 unspecified atom stereocenters. The third-order valence-electron chi connectivity index (χ3n) is 5.49. The average Bonchev–Trinajstić information content (AvgIpc) is 2.74. The van der Waals surface area contributed by atoms with Gasteiger partial charge in [-0.15, -0.1) is 0 Å². The van der Waals surface area contributed by atoms with E-state index in [1.165, 1.54) is 5.56 Å². The van der Waals surface area contributed by atoms with Gasteiger partial charge < -0.3 is 15.5 Å². The van der Waals surface area contributed by atoms with E-state index in [1.807, 2.05) is 30.3 Å². The molecule has 0 aliphatic carbocycles. The Morgan fingerprint density at radius 1 is 1.03 bits per heavy atom. The summed E-state index contributed by atoms with van der Waals surface area (Å²) in [6.07, 6.45) is 3.40. The Morgan fingerprint density at radius 3 is 2.48 bits per heavy atom. The fourth-order valence-electron chi connectivity index (χ4n) is 3.78. The average molecular weight is 390 g/mol. The number of carbonyl (C=O) groups is 1. The lowest BCUT2D eigenvalue weighted by molar-refractivity contribution is 0.246. The summed E-state index contributed by atoms with van der Waals surface area (Å²) in [5.41, 5.74) is 3.04. The molecule has 150 valence electrons. The monoisotopic (exact) mass is 389 g/mol. The molecule has 0 spiro atoms. The van der Waals surface area contributed by atoms with Crippen LogP contribution in [0.2, 0.25) is 0 Å². The van der Waals surface area contributed by atoms with E-state index in [0.29, 0.717) is 5.92 Å². The summed E-state index contributed by atoms with van der Waals surface area (Å²) >= 11 is 0. The van der Waals surface area contributed by atoms with E-state index < -0.39 is 0 Å². The van der Waals surface area contributed by atoms with Crippen LogP contribution < -0.4 is 15.5 Å². The largest absolute Gasteiger partial charge is 0.356 e. The number of piperidine rings is 1. The van der Waals surface area contributed by atoms with Crippen molar-refractivity contribution in [1.29, 1.82) is 0 Å². The predicted molar refractivity (Wildman–Crippen MR) is 117 cm³/mol. The minimum atomic E-state index is -0.145. The first kappa shape index (κ1) is 19.2. The fraction of sp³-hybridized carbons (Fsp3) is 0.348. The maximum absolute atomic E-state index is 12.4. The van der Waals surface area contributed by atoms with E-state index in [1.54, 1.807) is 6.33 Å². The minimum absolute atomic E-state index is 0.145. The third-order valence-corrected chi connectivity index (χ3v) is 5.49. The predicted octanol–water partition coefficient (Wildman–Crippen LogP) is 4.54. The number of rotatable bonds is 4. The molecule has 6 heteroatoms. The molecule has 29 heavy (non-hydrogen) atoms. The van der Waals surface area contributed by atoms with Gasteiger partial charge in [0.25, 0.3) is 0 Å². The maximum Gasteiger partial charge on any atom is 0.319 e. The number of aromatic nitrogens is 2. The Morgan fingerprint density at radius 2 is 1.76 bits per heavy atom. The van der Waals surface area contributed by atoms with Crippen molar-refractivity contribution in [2.75, 3.05) is 23.3 Å². The summed E-state index contributed by atoms with van der Waals surface area (Å²) in [6, 6.07) is 16.1. The van der Waals surface area contributed by atoms with Crippen molar-refractivity contribution in [3.05, 3.63) is 60.4 Å². The molecule has 0 saturated carbocycles. The molecule has 1 aliphatic heterocycles. The molecule has 1 fully saturated rings. The smallest absolute Gasteiger partial charge is 0.319 e. The van der Waals surface area contributed by atoms with Gasteiger partial charge in [0.2, 0.25) is 0 Å². The van der Waals surface area contributed by atoms with Crippen LogP contribution >= 0.6 is 0 Å². The maximum atomic E-state index is 12.4. The molecular weight excluding hydrogens is 362 g/mol. The first-order valence-electron chi connectivity index (χ1n) is 10.2. The molecule has 2 heterocycles. The Balaban J connectivity index is 1.32. The number of fused-ring (bicyclic) bond motifs is 1. The van der Waals surface area contributed by atoms with Crippen LogP contribution in [-0.2, 0) is 0 Å². The first-order chi connectivity index (χ1) is 14.1. The standard InChI is InChI=1S/C23H27N5O/c1-16(2)17-7-9-18(10-8-17)26-23(29)27-19-11-13-28(14-12-19)22-20-5-3-4-6-21(20)24-15-25-22/h3-10,15-16,19H,11-14H2,1-2H3,(H2,26,27,29). The van der Waals surface area contributed by atoms with Gasteiger partial charge in [0.1, 0.15) is 12.1 Å². The van der Waals surface area contributed by atoms with Gasteiger partial charge in [-0.1, -0.05) is 38.1 Å². The number of para-hydroxylation sites is 1. The van der Waals surface area contributed by atoms with Crippen molar-refractivity contribution in [2.24, 2.45) is 0 Å². The number of nitrogens with zero attached hydrogens (tertiary/aromatic N) is 3. The summed E-state index contributed by atoms with van der Waals surface area (Å²) in [5.74, 6) is 1.46. The number of benzene rings is 2. The van der Waals surface area contributed by atoms with E-state index in [-0.39, 0.29) is 12.1 Å². The lowest BCUT2D eigenvalue weighted by Crippen LogP contribution is -2.46. The van der Waals surface area contributed by atoms with Gasteiger partial charge in [-0.2, -0.15) is 0 Å². The highest BCUT2D eigenvalue weighted by atomic mass is 16.2. The highest BCUT2D eigenvalue weighted by Crippen LogP contribution is 2.25. The van der Waals surface area contributed by atoms with Crippen molar-refractivity contribution in [1.82, 2.24) is 15.3 Å².